The van der Waals surface area contributed by atoms with Crippen molar-refractivity contribution in [3.63, 3.8) is 0 Å². The van der Waals surface area contributed by atoms with E-state index in [0.29, 0.717) is 6.42 Å². The largest absolute Gasteiger partial charge is 0.326 e. The summed E-state index contributed by atoms with van der Waals surface area (Å²) in [6.07, 6.45) is 16.0. The number of aromatic amines is 1. The average Bonchev–Trinajstić information content (AvgIpc) is 2.89. The molecular formula is C22H28N2O2. The van der Waals surface area contributed by atoms with Crippen LogP contribution >= 0.6 is 0 Å². The van der Waals surface area contributed by atoms with E-state index in [9.17, 15) is 9.59 Å². The predicted molar refractivity (Wildman–Crippen MR) is 111 cm³/mol. The highest BCUT2D eigenvalue weighted by molar-refractivity contribution is 5.80. The summed E-state index contributed by atoms with van der Waals surface area (Å²) in [5.41, 5.74) is 3.93. The Kier molecular flexibility index (Phi) is 9.47. The molecule has 0 saturated heterocycles. The van der Waals surface area contributed by atoms with Crippen molar-refractivity contribution in [3.8, 4) is 0 Å². The van der Waals surface area contributed by atoms with Gasteiger partial charge in [0.2, 0.25) is 11.5 Å². The molecule has 1 amide bonds. The number of hydrogen-bond acceptors (Lipinski definition) is 2. The molecule has 1 aromatic rings. The molecule has 2 N–H and O–H groups in total. The van der Waals surface area contributed by atoms with E-state index in [1.807, 2.05) is 57.2 Å². The zero-order valence-electron chi connectivity index (χ0n) is 15.8. The summed E-state index contributed by atoms with van der Waals surface area (Å²) in [7, 11) is 0. The Morgan fingerprint density at radius 1 is 1.08 bits per heavy atom. The number of rotatable bonds is 2. The summed E-state index contributed by atoms with van der Waals surface area (Å²) in [5, 5.41) is 2.80. The highest BCUT2D eigenvalue weighted by Gasteiger charge is 2.12. The summed E-state index contributed by atoms with van der Waals surface area (Å²) in [4.78, 5) is 24.7. The van der Waals surface area contributed by atoms with Gasteiger partial charge in [-0.05, 0) is 49.1 Å². The molecule has 0 aromatic carbocycles. The number of aromatic nitrogens is 1. The van der Waals surface area contributed by atoms with Gasteiger partial charge in [-0.3, -0.25) is 9.59 Å². The van der Waals surface area contributed by atoms with Crippen molar-refractivity contribution in [3.05, 3.63) is 82.0 Å². The zero-order valence-corrected chi connectivity index (χ0v) is 15.8. The summed E-state index contributed by atoms with van der Waals surface area (Å²) < 4.78 is 0. The van der Waals surface area contributed by atoms with Crippen molar-refractivity contribution in [2.24, 2.45) is 0 Å². The number of fused-ring (bicyclic) bond motifs is 1. The van der Waals surface area contributed by atoms with Crippen molar-refractivity contribution in [1.82, 2.24) is 10.3 Å². The molecule has 1 aliphatic heterocycles. The van der Waals surface area contributed by atoms with Gasteiger partial charge < -0.3 is 10.3 Å². The number of nitrogens with one attached hydrogen (secondary N) is 2. The smallest absolute Gasteiger partial charge is 0.248 e. The fourth-order valence-corrected chi connectivity index (χ4v) is 2.45. The van der Waals surface area contributed by atoms with Gasteiger partial charge in [-0.2, -0.15) is 0 Å². The quantitative estimate of drug-likeness (QED) is 0.807. The van der Waals surface area contributed by atoms with Gasteiger partial charge in [0, 0.05) is 23.9 Å². The van der Waals surface area contributed by atoms with Crippen molar-refractivity contribution >= 4 is 18.1 Å². The lowest BCUT2D eigenvalue weighted by atomic mass is 10.0. The maximum Gasteiger partial charge on any atom is 0.248 e. The number of carbonyl (C=O) groups is 1. The van der Waals surface area contributed by atoms with Gasteiger partial charge in [0.15, 0.2) is 0 Å². The second kappa shape index (κ2) is 11.6. The molecule has 0 radical (unpaired) electrons. The topological polar surface area (TPSA) is 62.0 Å². The Balaban J connectivity index is 0.000000238. The van der Waals surface area contributed by atoms with Crippen LogP contribution < -0.4 is 10.9 Å². The first-order chi connectivity index (χ1) is 12.6. The van der Waals surface area contributed by atoms with E-state index < -0.39 is 0 Å². The van der Waals surface area contributed by atoms with E-state index in [-0.39, 0.29) is 11.5 Å². The molecule has 4 heteroatoms. The summed E-state index contributed by atoms with van der Waals surface area (Å²) in [6, 6.07) is 3.38. The third-order valence-electron chi connectivity index (χ3n) is 3.66. The Bertz CT molecular complexity index is 793. The molecule has 138 valence electrons. The van der Waals surface area contributed by atoms with Crippen LogP contribution in [0.4, 0.5) is 0 Å². The minimum Gasteiger partial charge on any atom is -0.326 e. The molecule has 2 aliphatic rings. The van der Waals surface area contributed by atoms with Gasteiger partial charge in [0.25, 0.3) is 0 Å². The molecule has 3 rings (SSSR count). The van der Waals surface area contributed by atoms with E-state index in [1.54, 1.807) is 12.1 Å². The first-order valence-electron chi connectivity index (χ1n) is 8.98. The third kappa shape index (κ3) is 6.55. The van der Waals surface area contributed by atoms with Gasteiger partial charge in [-0.1, -0.05) is 50.8 Å². The van der Waals surface area contributed by atoms with Crippen LogP contribution in [-0.4, -0.2) is 10.9 Å². The Labute approximate surface area is 155 Å². The van der Waals surface area contributed by atoms with Gasteiger partial charge >= 0.3 is 0 Å². The summed E-state index contributed by atoms with van der Waals surface area (Å²) >= 11 is 0. The van der Waals surface area contributed by atoms with Crippen LogP contribution in [-0.2, 0) is 4.79 Å². The maximum atomic E-state index is 11.0. The lowest BCUT2D eigenvalue weighted by Gasteiger charge is -2.16. The Morgan fingerprint density at radius 3 is 2.50 bits per heavy atom. The van der Waals surface area contributed by atoms with E-state index in [2.05, 4.69) is 23.0 Å². The number of carbonyl (C=O) groups excluding carboxylic acids is 1. The van der Waals surface area contributed by atoms with Gasteiger partial charge in [-0.25, -0.2) is 0 Å². The fourth-order valence-electron chi connectivity index (χ4n) is 2.45. The van der Waals surface area contributed by atoms with Gasteiger partial charge in [0.05, 0.1) is 0 Å². The molecule has 0 unspecified atom stereocenters. The summed E-state index contributed by atoms with van der Waals surface area (Å²) in [6.45, 7) is 9.62. The fraction of sp³-hybridized carbons (Fsp3) is 0.273. The van der Waals surface area contributed by atoms with Crippen LogP contribution in [0, 0.1) is 0 Å². The van der Waals surface area contributed by atoms with Crippen LogP contribution in [0.15, 0.2) is 65.2 Å². The highest BCUT2D eigenvalue weighted by atomic mass is 16.1. The Morgan fingerprint density at radius 2 is 1.81 bits per heavy atom. The first-order valence-corrected chi connectivity index (χ1v) is 8.98. The number of hydrogen-bond donors (Lipinski definition) is 2. The minimum atomic E-state index is -0.0475. The van der Waals surface area contributed by atoms with Crippen LogP contribution in [0.3, 0.4) is 0 Å². The van der Waals surface area contributed by atoms with E-state index in [4.69, 9.17) is 0 Å². The normalized spacial score (nSPS) is 15.1. The van der Waals surface area contributed by atoms with Crippen LogP contribution in [0.2, 0.25) is 0 Å². The number of H-pyrrole nitrogens is 1. The number of pyridine rings is 1. The lowest BCUT2D eigenvalue weighted by Crippen LogP contribution is -2.26. The van der Waals surface area contributed by atoms with Crippen molar-refractivity contribution in [1.29, 1.82) is 0 Å². The van der Waals surface area contributed by atoms with E-state index in [0.717, 1.165) is 35.4 Å². The maximum absolute atomic E-state index is 11.0. The molecule has 0 atom stereocenters. The molecule has 0 fully saturated rings. The second-order valence-corrected chi connectivity index (χ2v) is 5.42. The molecule has 1 aromatic heterocycles. The minimum absolute atomic E-state index is 0.0475. The van der Waals surface area contributed by atoms with Crippen LogP contribution in [0.5, 0.6) is 0 Å². The molecule has 0 spiro atoms. The summed E-state index contributed by atoms with van der Waals surface area (Å²) in [5.74, 6) is 0.0914. The van der Waals surface area contributed by atoms with Gasteiger partial charge in [0.1, 0.15) is 0 Å². The SMILES string of the molecule is C=CC1=C(/C=C\C)NC(=O)CC1.CC.O=c1ccc2c([nH]1)C=CCC=C2. The molecule has 26 heavy (non-hydrogen) atoms. The van der Waals surface area contributed by atoms with Crippen LogP contribution in [0.1, 0.15) is 51.3 Å². The lowest BCUT2D eigenvalue weighted by molar-refractivity contribution is -0.120. The first kappa shape index (κ1) is 21.2. The van der Waals surface area contributed by atoms with E-state index >= 15 is 0 Å². The highest BCUT2D eigenvalue weighted by Crippen LogP contribution is 2.16. The third-order valence-corrected chi connectivity index (χ3v) is 3.66. The molecule has 0 bridgehead atoms. The standard InChI is InChI=1S/C10H9NO.C10H13NO.C2H6/c12-10-7-6-8-4-2-1-3-5-9(8)11-10;1-3-5-9-8(4-2)6-7-10(12)11-9;1-2/h2-7H,1H2,(H,11,12);3-5H,2,6-7H2,1H3,(H,11,12);1-2H3/b;5-3-;. The molecule has 2 heterocycles. The zero-order chi connectivity index (χ0) is 19.4. The predicted octanol–water partition coefficient (Wildman–Crippen LogP) is 4.74. The van der Waals surface area contributed by atoms with E-state index in [1.165, 1.54) is 0 Å². The molecular weight excluding hydrogens is 324 g/mol. The second-order valence-electron chi connectivity index (χ2n) is 5.42. The van der Waals surface area contributed by atoms with Gasteiger partial charge in [-0.15, -0.1) is 0 Å². The average molecular weight is 352 g/mol. The molecule has 0 saturated carbocycles. The van der Waals surface area contributed by atoms with Crippen molar-refractivity contribution in [2.75, 3.05) is 0 Å². The molecule has 4 nitrogen and oxygen atoms in total. The molecule has 1 aliphatic carbocycles. The number of allylic oxidation sites excluding steroid dienone is 6. The Hall–Kier alpha value is -2.88. The van der Waals surface area contributed by atoms with Crippen LogP contribution in [0.25, 0.3) is 12.2 Å². The monoisotopic (exact) mass is 352 g/mol. The van der Waals surface area contributed by atoms with Crippen molar-refractivity contribution in [2.45, 2.75) is 40.0 Å². The van der Waals surface area contributed by atoms with Crippen molar-refractivity contribution < 1.29 is 4.79 Å². The number of amides is 1.